The largest absolute Gasteiger partial charge is 0.487 e. The van der Waals surface area contributed by atoms with E-state index in [0.717, 1.165) is 31.7 Å². The summed E-state index contributed by atoms with van der Waals surface area (Å²) < 4.78 is 6.18. The van der Waals surface area contributed by atoms with Crippen molar-refractivity contribution >= 4 is 11.8 Å². The summed E-state index contributed by atoms with van der Waals surface area (Å²) in [7, 11) is 0. The average Bonchev–Trinajstić information content (AvgIpc) is 2.86. The molecule has 4 atom stereocenters. The summed E-state index contributed by atoms with van der Waals surface area (Å²) in [6.07, 6.45) is 3.49. The van der Waals surface area contributed by atoms with E-state index in [9.17, 15) is 5.11 Å². The fourth-order valence-electron chi connectivity index (χ4n) is 3.53. The molecule has 2 N–H and O–H groups in total. The third-order valence-electron chi connectivity index (χ3n) is 4.65. The summed E-state index contributed by atoms with van der Waals surface area (Å²) in [5.74, 6) is 2.21. The Balaban J connectivity index is 1.75. The molecule has 2 aliphatic rings. The Labute approximate surface area is 125 Å². The van der Waals surface area contributed by atoms with Crippen molar-refractivity contribution < 1.29 is 9.84 Å². The Morgan fingerprint density at radius 3 is 2.75 bits per heavy atom. The number of aliphatic hydroxyl groups excluding tert-OH is 1. The van der Waals surface area contributed by atoms with Crippen LogP contribution in [-0.2, 0) is 0 Å². The minimum Gasteiger partial charge on any atom is -0.487 e. The zero-order valence-corrected chi connectivity index (χ0v) is 13.0. The molecule has 3 nitrogen and oxygen atoms in total. The third kappa shape index (κ3) is 2.69. The van der Waals surface area contributed by atoms with E-state index in [1.54, 1.807) is 11.8 Å². The van der Waals surface area contributed by atoms with Gasteiger partial charge in [0.25, 0.3) is 0 Å². The normalized spacial score (nSPS) is 33.0. The summed E-state index contributed by atoms with van der Waals surface area (Å²) in [5, 5.41) is 13.8. The Kier molecular flexibility index (Phi) is 4.24. The predicted molar refractivity (Wildman–Crippen MR) is 82.5 cm³/mol. The Morgan fingerprint density at radius 2 is 2.00 bits per heavy atom. The van der Waals surface area contributed by atoms with E-state index < -0.39 is 0 Å². The van der Waals surface area contributed by atoms with Crippen LogP contribution >= 0.6 is 11.8 Å². The van der Waals surface area contributed by atoms with Crippen LogP contribution in [0.5, 0.6) is 5.75 Å². The van der Waals surface area contributed by atoms with Gasteiger partial charge >= 0.3 is 0 Å². The number of aliphatic hydroxyl groups is 1. The van der Waals surface area contributed by atoms with Crippen molar-refractivity contribution in [1.29, 1.82) is 0 Å². The van der Waals surface area contributed by atoms with E-state index in [4.69, 9.17) is 4.74 Å². The zero-order valence-electron chi connectivity index (χ0n) is 12.1. The van der Waals surface area contributed by atoms with Gasteiger partial charge in [0, 0.05) is 0 Å². The minimum atomic E-state index is -0.341. The molecule has 0 aromatic heterocycles. The van der Waals surface area contributed by atoms with Crippen LogP contribution in [-0.4, -0.2) is 36.7 Å². The number of hydrogen-bond acceptors (Lipinski definition) is 4. The highest BCUT2D eigenvalue weighted by atomic mass is 32.2. The lowest BCUT2D eigenvalue weighted by Crippen LogP contribution is -2.42. The number of ether oxygens (including phenoxy) is 1. The molecule has 0 amide bonds. The summed E-state index contributed by atoms with van der Waals surface area (Å²) in [5.41, 5.74) is 1.24. The number of aryl methyl sites for hydroxylation is 1. The Bertz CT molecular complexity index is 480. The van der Waals surface area contributed by atoms with Crippen LogP contribution in [0.4, 0.5) is 0 Å². The fourth-order valence-corrected chi connectivity index (χ4v) is 4.23. The second kappa shape index (κ2) is 5.96. The van der Waals surface area contributed by atoms with Crippen molar-refractivity contribution in [3.63, 3.8) is 0 Å². The van der Waals surface area contributed by atoms with E-state index in [0.29, 0.717) is 11.8 Å². The van der Waals surface area contributed by atoms with Crippen LogP contribution < -0.4 is 10.1 Å². The Morgan fingerprint density at radius 1 is 1.25 bits per heavy atom. The van der Waals surface area contributed by atoms with Crippen molar-refractivity contribution in [2.45, 2.75) is 36.9 Å². The predicted octanol–water partition coefficient (Wildman–Crippen LogP) is 2.45. The molecule has 3 rings (SSSR count). The van der Waals surface area contributed by atoms with Gasteiger partial charge in [-0.1, -0.05) is 12.1 Å². The van der Waals surface area contributed by atoms with Crippen LogP contribution in [0.25, 0.3) is 0 Å². The molecular weight excluding hydrogens is 270 g/mol. The molecule has 1 aromatic rings. The second-order valence-electron chi connectivity index (χ2n) is 5.98. The molecule has 1 aliphatic carbocycles. The van der Waals surface area contributed by atoms with Gasteiger partial charge in [0.05, 0.1) is 11.0 Å². The van der Waals surface area contributed by atoms with Crippen LogP contribution in [0.15, 0.2) is 23.1 Å². The molecular formula is C16H23NO2S. The number of benzene rings is 1. The second-order valence-corrected chi connectivity index (χ2v) is 6.80. The van der Waals surface area contributed by atoms with Gasteiger partial charge in [-0.3, -0.25) is 0 Å². The van der Waals surface area contributed by atoms with Gasteiger partial charge in [-0.25, -0.2) is 0 Å². The standard InChI is InChI=1S/C16H23NO2S/c1-10-4-3-5-14(16(10)20-2)19-15-7-12-9-17-8-11(12)6-13(15)18/h3-5,11-13,15,17-18H,6-9H2,1-2H3/t11-,12+,13+,15+/m0/s1. The van der Waals surface area contributed by atoms with E-state index in [1.807, 2.05) is 12.1 Å². The summed E-state index contributed by atoms with van der Waals surface area (Å²) in [6.45, 7) is 4.22. The lowest BCUT2D eigenvalue weighted by Gasteiger charge is -2.35. The number of rotatable bonds is 3. The molecule has 110 valence electrons. The first-order valence-electron chi connectivity index (χ1n) is 7.38. The third-order valence-corrected chi connectivity index (χ3v) is 5.58. The number of fused-ring (bicyclic) bond motifs is 1. The van der Waals surface area contributed by atoms with Gasteiger partial charge in [-0.05, 0) is 62.6 Å². The highest BCUT2D eigenvalue weighted by Gasteiger charge is 2.40. The molecule has 0 bridgehead atoms. The van der Waals surface area contributed by atoms with Crippen LogP contribution in [0.3, 0.4) is 0 Å². The summed E-state index contributed by atoms with van der Waals surface area (Å²) >= 11 is 1.71. The maximum Gasteiger partial charge on any atom is 0.133 e. The molecule has 1 saturated carbocycles. The van der Waals surface area contributed by atoms with Gasteiger partial charge in [0.2, 0.25) is 0 Å². The molecule has 0 radical (unpaired) electrons. The number of hydrogen-bond donors (Lipinski definition) is 2. The molecule has 1 aliphatic heterocycles. The highest BCUT2D eigenvalue weighted by Crippen LogP contribution is 2.37. The monoisotopic (exact) mass is 293 g/mol. The molecule has 0 spiro atoms. The number of thioether (sulfide) groups is 1. The van der Waals surface area contributed by atoms with Crippen molar-refractivity contribution in [2.75, 3.05) is 19.3 Å². The van der Waals surface area contributed by atoms with Crippen molar-refractivity contribution in [3.8, 4) is 5.75 Å². The van der Waals surface area contributed by atoms with Crippen molar-refractivity contribution in [1.82, 2.24) is 5.32 Å². The minimum absolute atomic E-state index is 0.0659. The highest BCUT2D eigenvalue weighted by molar-refractivity contribution is 7.98. The lowest BCUT2D eigenvalue weighted by molar-refractivity contribution is -0.0243. The molecule has 1 heterocycles. The summed E-state index contributed by atoms with van der Waals surface area (Å²) in [6, 6.07) is 6.15. The first kappa shape index (κ1) is 14.2. The van der Waals surface area contributed by atoms with Gasteiger partial charge in [0.15, 0.2) is 0 Å². The van der Waals surface area contributed by atoms with E-state index in [1.165, 1.54) is 10.5 Å². The molecule has 1 aromatic carbocycles. The molecule has 20 heavy (non-hydrogen) atoms. The average molecular weight is 293 g/mol. The van der Waals surface area contributed by atoms with Crippen LogP contribution in [0, 0.1) is 18.8 Å². The van der Waals surface area contributed by atoms with Crippen molar-refractivity contribution in [3.05, 3.63) is 23.8 Å². The van der Waals surface area contributed by atoms with Crippen LogP contribution in [0.1, 0.15) is 18.4 Å². The summed E-state index contributed by atoms with van der Waals surface area (Å²) in [4.78, 5) is 1.19. The zero-order chi connectivity index (χ0) is 14.1. The molecule has 4 heteroatoms. The smallest absolute Gasteiger partial charge is 0.133 e. The van der Waals surface area contributed by atoms with Crippen LogP contribution in [0.2, 0.25) is 0 Å². The number of nitrogens with one attached hydrogen (secondary N) is 1. The van der Waals surface area contributed by atoms with Crippen molar-refractivity contribution in [2.24, 2.45) is 11.8 Å². The quantitative estimate of drug-likeness (QED) is 0.840. The first-order valence-corrected chi connectivity index (χ1v) is 8.60. The van der Waals surface area contributed by atoms with Gasteiger partial charge in [0.1, 0.15) is 11.9 Å². The maximum absolute atomic E-state index is 10.4. The molecule has 1 saturated heterocycles. The fraction of sp³-hybridized carbons (Fsp3) is 0.625. The topological polar surface area (TPSA) is 41.5 Å². The SMILES string of the molecule is CSc1c(C)cccc1O[C@@H]1C[C@@H]2CNC[C@@H]2C[C@H]1O. The lowest BCUT2D eigenvalue weighted by atomic mass is 9.78. The molecule has 2 fully saturated rings. The van der Waals surface area contributed by atoms with Gasteiger partial charge in [-0.15, -0.1) is 11.8 Å². The van der Waals surface area contributed by atoms with Gasteiger partial charge < -0.3 is 15.2 Å². The molecule has 0 unspecified atom stereocenters. The first-order chi connectivity index (χ1) is 9.69. The van der Waals surface area contributed by atoms with E-state index in [-0.39, 0.29) is 12.2 Å². The van der Waals surface area contributed by atoms with E-state index >= 15 is 0 Å². The Hall–Kier alpha value is -0.710. The van der Waals surface area contributed by atoms with E-state index in [2.05, 4.69) is 24.6 Å². The van der Waals surface area contributed by atoms with Gasteiger partial charge in [-0.2, -0.15) is 0 Å². The maximum atomic E-state index is 10.4.